The number of rotatable bonds is 11. The van der Waals surface area contributed by atoms with Crippen molar-refractivity contribution >= 4 is 55.7 Å². The van der Waals surface area contributed by atoms with Gasteiger partial charge in [0.1, 0.15) is 17.2 Å². The second kappa shape index (κ2) is 17.1. The minimum atomic E-state index is 0.806. The Hall–Kier alpha value is -7.50. The van der Waals surface area contributed by atoms with Crippen molar-refractivity contribution in [3.05, 3.63) is 198 Å². The van der Waals surface area contributed by atoms with Gasteiger partial charge in [-0.1, -0.05) is 88.5 Å². The molecule has 0 spiro atoms. The van der Waals surface area contributed by atoms with Crippen molar-refractivity contribution in [2.75, 3.05) is 31.1 Å². The average Bonchev–Trinajstić information content (AvgIpc) is 3.29. The molecule has 0 amide bonds. The second-order valence-electron chi connectivity index (χ2n) is 16.6. The smallest absolute Gasteiger partial charge is 0.119 e. The monoisotopic (exact) mass is 824 g/mol. The normalized spacial score (nSPS) is 11.2. The number of aryl methyl sites for hydroxylation is 5. The third-order valence-electron chi connectivity index (χ3n) is 11.9. The van der Waals surface area contributed by atoms with Gasteiger partial charge >= 0.3 is 0 Å². The minimum absolute atomic E-state index is 0.806. The molecule has 0 aromatic heterocycles. The molecular weight excluding hydrogens is 773 g/mol. The van der Waals surface area contributed by atoms with Crippen molar-refractivity contribution in [1.29, 1.82) is 0 Å². The number of nitrogens with zero attached hydrogens (tertiary/aromatic N) is 2. The summed E-state index contributed by atoms with van der Waals surface area (Å²) in [5, 5.41) is 4.71. The molecule has 0 atom stereocenters. The zero-order valence-corrected chi connectivity index (χ0v) is 37.3. The summed E-state index contributed by atoms with van der Waals surface area (Å²) in [6, 6.07) is 61.4. The lowest BCUT2D eigenvalue weighted by molar-refractivity contribution is 0.414. The van der Waals surface area contributed by atoms with Crippen LogP contribution in [0.25, 0.3) is 43.8 Å². The molecule has 0 aliphatic rings. The predicted octanol–water partition coefficient (Wildman–Crippen LogP) is 15.8. The summed E-state index contributed by atoms with van der Waals surface area (Å²) in [7, 11) is 5.11. The fourth-order valence-electron chi connectivity index (χ4n) is 9.12. The molecule has 0 saturated heterocycles. The van der Waals surface area contributed by atoms with Crippen LogP contribution in [0, 0.1) is 34.6 Å². The summed E-state index contributed by atoms with van der Waals surface area (Å²) in [5.74, 6) is 2.43. The van der Waals surface area contributed by atoms with Gasteiger partial charge in [0.2, 0.25) is 0 Å². The molecule has 0 aliphatic heterocycles. The number of hydrogen-bond donors (Lipinski definition) is 0. The number of ether oxygens (including phenoxy) is 3. The molecule has 0 heterocycles. The fraction of sp³-hybridized carbons (Fsp3) is 0.138. The van der Waals surface area contributed by atoms with E-state index in [4.69, 9.17) is 14.2 Å². The summed E-state index contributed by atoms with van der Waals surface area (Å²) in [6.45, 7) is 10.9. The highest BCUT2D eigenvalue weighted by atomic mass is 16.5. The molecule has 0 N–H and O–H groups in total. The van der Waals surface area contributed by atoms with E-state index < -0.39 is 0 Å². The van der Waals surface area contributed by atoms with Gasteiger partial charge in [-0.3, -0.25) is 0 Å². The third kappa shape index (κ3) is 8.06. The van der Waals surface area contributed by atoms with Crippen molar-refractivity contribution in [2.24, 2.45) is 0 Å². The van der Waals surface area contributed by atoms with Crippen LogP contribution in [0.1, 0.15) is 27.8 Å². The first-order valence-electron chi connectivity index (χ1n) is 21.4. The number of anilines is 6. The SMILES string of the molecule is COc1ccc(N(c2ccc(C)cc2)c2ccc3c(-c4cc(C)cc(C)c4)c4cc(N(c5ccc(OC)cc5)c5ccc(OC)cc5)ccc4c(-c4cc(C)cc(C)c4)c3c2)cc1. The van der Waals surface area contributed by atoms with Crippen LogP contribution in [-0.4, -0.2) is 21.3 Å². The number of hydrogen-bond acceptors (Lipinski definition) is 5. The van der Waals surface area contributed by atoms with Gasteiger partial charge in [-0.25, -0.2) is 0 Å². The molecule has 0 aliphatic carbocycles. The number of methoxy groups -OCH3 is 3. The maximum atomic E-state index is 5.59. The largest absolute Gasteiger partial charge is 0.497 e. The molecule has 0 unspecified atom stereocenters. The number of benzene rings is 9. The van der Waals surface area contributed by atoms with E-state index in [1.807, 2.05) is 36.4 Å². The molecule has 0 saturated carbocycles. The van der Waals surface area contributed by atoms with Crippen molar-refractivity contribution in [2.45, 2.75) is 34.6 Å². The summed E-state index contributed by atoms with van der Waals surface area (Å²) >= 11 is 0. The Morgan fingerprint density at radius 2 is 0.556 bits per heavy atom. The van der Waals surface area contributed by atoms with Gasteiger partial charge < -0.3 is 24.0 Å². The van der Waals surface area contributed by atoms with Gasteiger partial charge in [0.05, 0.1) is 21.3 Å². The molecule has 312 valence electrons. The van der Waals surface area contributed by atoms with Gasteiger partial charge in [0.25, 0.3) is 0 Å². The van der Waals surface area contributed by atoms with E-state index in [0.717, 1.165) is 51.4 Å². The maximum Gasteiger partial charge on any atom is 0.119 e. The van der Waals surface area contributed by atoms with Gasteiger partial charge in [-0.2, -0.15) is 0 Å². The zero-order chi connectivity index (χ0) is 43.8. The summed E-state index contributed by atoms with van der Waals surface area (Å²) in [5.41, 5.74) is 17.1. The Labute approximate surface area is 371 Å². The van der Waals surface area contributed by atoms with Gasteiger partial charge in [0.15, 0.2) is 0 Å². The summed E-state index contributed by atoms with van der Waals surface area (Å²) < 4.78 is 16.8. The Morgan fingerprint density at radius 3 is 0.857 bits per heavy atom. The zero-order valence-electron chi connectivity index (χ0n) is 37.3. The van der Waals surface area contributed by atoms with Crippen LogP contribution < -0.4 is 24.0 Å². The minimum Gasteiger partial charge on any atom is -0.497 e. The number of fused-ring (bicyclic) bond motifs is 2. The van der Waals surface area contributed by atoms with Gasteiger partial charge in [0, 0.05) is 34.1 Å². The molecule has 9 aromatic rings. The Morgan fingerprint density at radius 1 is 0.270 bits per heavy atom. The van der Waals surface area contributed by atoms with Gasteiger partial charge in [-0.05, 0) is 188 Å². The van der Waals surface area contributed by atoms with E-state index >= 15 is 0 Å². The topological polar surface area (TPSA) is 34.2 Å². The fourth-order valence-corrected chi connectivity index (χ4v) is 9.12. The highest BCUT2D eigenvalue weighted by Crippen LogP contribution is 2.49. The highest BCUT2D eigenvalue weighted by molar-refractivity contribution is 6.22. The van der Waals surface area contributed by atoms with E-state index in [0.29, 0.717) is 0 Å². The van der Waals surface area contributed by atoms with E-state index in [-0.39, 0.29) is 0 Å². The Kier molecular flexibility index (Phi) is 11.1. The summed E-state index contributed by atoms with van der Waals surface area (Å²) in [6.07, 6.45) is 0. The predicted molar refractivity (Wildman–Crippen MR) is 265 cm³/mol. The van der Waals surface area contributed by atoms with Crippen molar-refractivity contribution < 1.29 is 14.2 Å². The quantitative estimate of drug-likeness (QED) is 0.121. The lowest BCUT2D eigenvalue weighted by Gasteiger charge is -2.28. The van der Waals surface area contributed by atoms with Crippen molar-refractivity contribution in [3.63, 3.8) is 0 Å². The van der Waals surface area contributed by atoms with Crippen LogP contribution in [0.2, 0.25) is 0 Å². The highest BCUT2D eigenvalue weighted by Gasteiger charge is 2.23. The van der Waals surface area contributed by atoms with Crippen LogP contribution in [0.4, 0.5) is 34.1 Å². The van der Waals surface area contributed by atoms with E-state index in [2.05, 4.69) is 178 Å². The third-order valence-corrected chi connectivity index (χ3v) is 11.9. The lowest BCUT2D eigenvalue weighted by Crippen LogP contribution is -2.10. The van der Waals surface area contributed by atoms with E-state index in [9.17, 15) is 0 Å². The Bertz CT molecular complexity index is 3010. The van der Waals surface area contributed by atoms with Crippen LogP contribution in [0.15, 0.2) is 170 Å². The first-order valence-corrected chi connectivity index (χ1v) is 21.4. The Balaban J connectivity index is 1.39. The molecular formula is C58H52N2O3. The average molecular weight is 825 g/mol. The molecule has 0 bridgehead atoms. The maximum absolute atomic E-state index is 5.59. The first kappa shape index (κ1) is 40.9. The second-order valence-corrected chi connectivity index (χ2v) is 16.6. The van der Waals surface area contributed by atoms with Crippen molar-refractivity contribution in [3.8, 4) is 39.5 Å². The molecule has 0 fully saturated rings. The van der Waals surface area contributed by atoms with Crippen LogP contribution in [0.5, 0.6) is 17.2 Å². The van der Waals surface area contributed by atoms with Crippen LogP contribution >= 0.6 is 0 Å². The molecule has 5 nitrogen and oxygen atoms in total. The van der Waals surface area contributed by atoms with Gasteiger partial charge in [-0.15, -0.1) is 0 Å². The van der Waals surface area contributed by atoms with E-state index in [1.54, 1.807) is 21.3 Å². The van der Waals surface area contributed by atoms with Crippen LogP contribution in [0.3, 0.4) is 0 Å². The lowest BCUT2D eigenvalue weighted by atomic mass is 9.84. The van der Waals surface area contributed by atoms with Crippen molar-refractivity contribution in [1.82, 2.24) is 0 Å². The molecule has 63 heavy (non-hydrogen) atoms. The summed E-state index contributed by atoms with van der Waals surface area (Å²) in [4.78, 5) is 4.65. The van der Waals surface area contributed by atoms with E-state index in [1.165, 1.54) is 71.6 Å². The molecule has 0 radical (unpaired) electrons. The molecule has 9 aromatic carbocycles. The standard InChI is InChI=1S/C58H52N2O3/c1-37-9-11-44(12-10-37)59(45-13-21-50(61-6)22-14-45)48-19-27-53-55(35-48)57(42-31-38(2)29-39(3)32-42)54-28-20-49(36-56(54)58(53)43-33-40(4)30-41(5)34-43)60(46-15-23-51(62-7)24-16-46)47-17-25-52(63-8)26-18-47/h9-36H,1-8H3. The molecule has 5 heteroatoms. The molecule has 9 rings (SSSR count). The first-order chi connectivity index (χ1) is 30.6. The van der Waals surface area contributed by atoms with Crippen LogP contribution in [-0.2, 0) is 0 Å².